The van der Waals surface area contributed by atoms with E-state index < -0.39 is 16.0 Å². The number of sulfonamides is 1. The molecule has 2 aromatic carbocycles. The zero-order valence-corrected chi connectivity index (χ0v) is 19.3. The highest BCUT2D eigenvalue weighted by Gasteiger charge is 2.31. The highest BCUT2D eigenvalue weighted by atomic mass is 32.2. The van der Waals surface area contributed by atoms with Gasteiger partial charge in [-0.3, -0.25) is 0 Å². The summed E-state index contributed by atoms with van der Waals surface area (Å²) in [5.41, 5.74) is 2.44. The molecule has 1 aliphatic heterocycles. The largest absolute Gasteiger partial charge is 0.482 e. The summed E-state index contributed by atoms with van der Waals surface area (Å²) >= 11 is 0. The Bertz CT molecular complexity index is 1010. The third kappa shape index (κ3) is 5.19. The van der Waals surface area contributed by atoms with Gasteiger partial charge >= 0.3 is 5.97 Å². The third-order valence-corrected chi connectivity index (χ3v) is 7.52. The lowest BCUT2D eigenvalue weighted by atomic mass is 10.0. The smallest absolute Gasteiger partial charge is 0.343 e. The molecule has 0 aliphatic carbocycles. The van der Waals surface area contributed by atoms with Crippen molar-refractivity contribution < 1.29 is 22.7 Å². The minimum absolute atomic E-state index is 0.0251. The Morgan fingerprint density at radius 1 is 1.06 bits per heavy atom. The van der Waals surface area contributed by atoms with Crippen LogP contribution in [0.15, 0.2) is 47.4 Å². The maximum atomic E-state index is 13.4. The second kappa shape index (κ2) is 9.70. The molecule has 0 unspecified atom stereocenters. The van der Waals surface area contributed by atoms with E-state index in [9.17, 15) is 13.2 Å². The number of methoxy groups -OCH3 is 1. The number of carbonyl (C=O) groups is 1. The molecule has 7 nitrogen and oxygen atoms in total. The van der Waals surface area contributed by atoms with Crippen LogP contribution in [0.4, 0.5) is 5.69 Å². The first-order valence-corrected chi connectivity index (χ1v) is 11.8. The number of nitrogens with zero attached hydrogens (tertiary/aromatic N) is 2. The summed E-state index contributed by atoms with van der Waals surface area (Å²) in [4.78, 5) is 13.9. The van der Waals surface area contributed by atoms with E-state index in [1.54, 1.807) is 23.4 Å². The van der Waals surface area contributed by atoms with Gasteiger partial charge in [0.05, 0.1) is 12.0 Å². The molecule has 0 atom stereocenters. The van der Waals surface area contributed by atoms with Gasteiger partial charge < -0.3 is 14.4 Å². The highest BCUT2D eigenvalue weighted by molar-refractivity contribution is 7.89. The Hall–Kier alpha value is -2.58. The van der Waals surface area contributed by atoms with Gasteiger partial charge in [-0.2, -0.15) is 4.31 Å². The molecular weight excluding hydrogens is 416 g/mol. The average Bonchev–Trinajstić information content (AvgIpc) is 2.77. The number of esters is 1. The van der Waals surface area contributed by atoms with Crippen LogP contribution in [-0.2, 0) is 19.6 Å². The first-order chi connectivity index (χ1) is 14.7. The normalized spacial score (nSPS) is 15.2. The molecule has 1 aliphatic rings. The Balaban J connectivity index is 1.82. The van der Waals surface area contributed by atoms with Crippen LogP contribution >= 0.6 is 0 Å². The molecule has 1 saturated heterocycles. The van der Waals surface area contributed by atoms with Crippen LogP contribution in [0.1, 0.15) is 30.9 Å². The molecule has 1 fully saturated rings. The molecule has 0 spiro atoms. The molecule has 3 rings (SSSR count). The predicted molar refractivity (Wildman–Crippen MR) is 120 cm³/mol. The van der Waals surface area contributed by atoms with Gasteiger partial charge in [-0.1, -0.05) is 32.0 Å². The Kier molecular flexibility index (Phi) is 7.23. The summed E-state index contributed by atoms with van der Waals surface area (Å²) in [6.07, 6.45) is 0. The third-order valence-electron chi connectivity index (χ3n) is 5.48. The van der Waals surface area contributed by atoms with Crippen molar-refractivity contribution in [2.24, 2.45) is 0 Å². The minimum Gasteiger partial charge on any atom is -0.482 e. The molecule has 0 radical (unpaired) electrons. The van der Waals surface area contributed by atoms with Crippen molar-refractivity contribution in [3.63, 3.8) is 0 Å². The van der Waals surface area contributed by atoms with E-state index in [4.69, 9.17) is 4.74 Å². The molecule has 168 valence electrons. The van der Waals surface area contributed by atoms with Gasteiger partial charge in [0.15, 0.2) is 6.61 Å². The molecule has 1 heterocycles. The zero-order chi connectivity index (χ0) is 22.6. The van der Waals surface area contributed by atoms with Gasteiger partial charge in [-0.05, 0) is 48.2 Å². The fourth-order valence-corrected chi connectivity index (χ4v) is 5.36. The molecule has 0 amide bonds. The molecule has 0 bridgehead atoms. The summed E-state index contributed by atoms with van der Waals surface area (Å²) in [6, 6.07) is 13.4. The van der Waals surface area contributed by atoms with Crippen molar-refractivity contribution >= 4 is 21.7 Å². The fourth-order valence-electron chi connectivity index (χ4n) is 3.69. The van der Waals surface area contributed by atoms with Crippen LogP contribution in [0.25, 0.3) is 0 Å². The van der Waals surface area contributed by atoms with Crippen molar-refractivity contribution in [2.75, 3.05) is 44.8 Å². The van der Waals surface area contributed by atoms with Crippen molar-refractivity contribution in [3.8, 4) is 5.75 Å². The number of benzene rings is 2. The predicted octanol–water partition coefficient (Wildman–Crippen LogP) is 3.18. The lowest BCUT2D eigenvalue weighted by molar-refractivity contribution is -0.142. The van der Waals surface area contributed by atoms with Crippen molar-refractivity contribution in [1.82, 2.24) is 4.31 Å². The number of rotatable bonds is 7. The summed E-state index contributed by atoms with van der Waals surface area (Å²) in [6.45, 7) is 7.59. The molecule has 31 heavy (non-hydrogen) atoms. The summed E-state index contributed by atoms with van der Waals surface area (Å²) < 4.78 is 38.7. The second-order valence-corrected chi connectivity index (χ2v) is 9.81. The lowest BCUT2D eigenvalue weighted by Crippen LogP contribution is -2.48. The molecular formula is C23H30N2O5S. The number of piperazine rings is 1. The van der Waals surface area contributed by atoms with Crippen LogP contribution < -0.4 is 9.64 Å². The van der Waals surface area contributed by atoms with Crippen LogP contribution in [0, 0.1) is 6.92 Å². The van der Waals surface area contributed by atoms with Crippen LogP contribution in [0.3, 0.4) is 0 Å². The van der Waals surface area contributed by atoms with Crippen LogP contribution in [0.2, 0.25) is 0 Å². The maximum Gasteiger partial charge on any atom is 0.343 e. The molecule has 0 saturated carbocycles. The number of hydrogen-bond donors (Lipinski definition) is 0. The summed E-state index contributed by atoms with van der Waals surface area (Å²) in [5.74, 6) is 0.0446. The van der Waals surface area contributed by atoms with E-state index in [0.717, 1.165) is 11.3 Å². The number of carbonyl (C=O) groups excluding carboxylic acids is 1. The van der Waals surface area contributed by atoms with Gasteiger partial charge in [0.2, 0.25) is 10.0 Å². The van der Waals surface area contributed by atoms with Gasteiger partial charge in [0.25, 0.3) is 0 Å². The van der Waals surface area contributed by atoms with Gasteiger partial charge in [0, 0.05) is 31.9 Å². The highest BCUT2D eigenvalue weighted by Crippen LogP contribution is 2.33. The van der Waals surface area contributed by atoms with Crippen molar-refractivity contribution in [1.29, 1.82) is 0 Å². The van der Waals surface area contributed by atoms with Crippen molar-refractivity contribution in [3.05, 3.63) is 53.6 Å². The quantitative estimate of drug-likeness (QED) is 0.608. The monoisotopic (exact) mass is 446 g/mol. The van der Waals surface area contributed by atoms with Crippen LogP contribution in [-0.4, -0.2) is 58.6 Å². The van der Waals surface area contributed by atoms with Gasteiger partial charge in [-0.15, -0.1) is 0 Å². The Morgan fingerprint density at radius 2 is 1.71 bits per heavy atom. The lowest BCUT2D eigenvalue weighted by Gasteiger charge is -2.35. The Labute approximate surface area is 184 Å². The molecule has 8 heteroatoms. The SMILES string of the molecule is COC(=O)COc1cc(C)c(S(=O)(=O)N2CCN(c3ccccc3)CC2)cc1C(C)C. The van der Waals surface area contributed by atoms with E-state index in [1.165, 1.54) is 7.11 Å². The minimum atomic E-state index is -3.65. The molecule has 0 aromatic heterocycles. The van der Waals surface area contributed by atoms with E-state index in [1.807, 2.05) is 44.2 Å². The molecule has 2 aromatic rings. The number of para-hydroxylation sites is 1. The van der Waals surface area contributed by atoms with Crippen molar-refractivity contribution in [2.45, 2.75) is 31.6 Å². The first kappa shape index (κ1) is 23.1. The number of ether oxygens (including phenoxy) is 2. The van der Waals surface area contributed by atoms with E-state index in [-0.39, 0.29) is 17.4 Å². The summed E-state index contributed by atoms with van der Waals surface area (Å²) in [5, 5.41) is 0. The number of aryl methyl sites for hydroxylation is 1. The second-order valence-electron chi connectivity index (χ2n) is 7.90. The number of anilines is 1. The average molecular weight is 447 g/mol. The Morgan fingerprint density at radius 3 is 2.29 bits per heavy atom. The molecule has 0 N–H and O–H groups in total. The maximum absolute atomic E-state index is 13.4. The van der Waals surface area contributed by atoms with E-state index in [2.05, 4.69) is 9.64 Å². The summed E-state index contributed by atoms with van der Waals surface area (Å²) in [7, 11) is -2.35. The number of hydrogen-bond acceptors (Lipinski definition) is 6. The topological polar surface area (TPSA) is 76.1 Å². The van der Waals surface area contributed by atoms with Crippen LogP contribution in [0.5, 0.6) is 5.75 Å². The fraction of sp³-hybridized carbons (Fsp3) is 0.435. The standard InChI is InChI=1S/C23H30N2O5S/c1-17(2)20-15-22(18(3)14-21(20)30-16-23(26)29-4)31(27,28)25-12-10-24(11-13-25)19-8-6-5-7-9-19/h5-9,14-15,17H,10-13,16H2,1-4H3. The first-order valence-electron chi connectivity index (χ1n) is 10.4. The van der Waals surface area contributed by atoms with Gasteiger partial charge in [0.1, 0.15) is 5.75 Å². The van der Waals surface area contributed by atoms with E-state index in [0.29, 0.717) is 37.5 Å². The van der Waals surface area contributed by atoms with Gasteiger partial charge in [-0.25, -0.2) is 13.2 Å². The van der Waals surface area contributed by atoms with E-state index >= 15 is 0 Å². The zero-order valence-electron chi connectivity index (χ0n) is 18.5.